The van der Waals surface area contributed by atoms with Gasteiger partial charge in [0.2, 0.25) is 0 Å². The number of benzene rings is 1. The van der Waals surface area contributed by atoms with E-state index in [9.17, 15) is 4.79 Å². The summed E-state index contributed by atoms with van der Waals surface area (Å²) in [5.74, 6) is -0.662. The third-order valence-electron chi connectivity index (χ3n) is 2.70. The topological polar surface area (TPSA) is 58.6 Å². The largest absolute Gasteiger partial charge is 0.478 e. The summed E-state index contributed by atoms with van der Waals surface area (Å²) in [6, 6.07) is 5.00. The van der Waals surface area contributed by atoms with Crippen molar-refractivity contribution in [1.82, 2.24) is 0 Å². The molecule has 0 aromatic heterocycles. The van der Waals surface area contributed by atoms with E-state index in [0.717, 1.165) is 5.69 Å². The number of carboxylic acid groups (broad SMARTS) is 1. The van der Waals surface area contributed by atoms with Crippen molar-refractivity contribution in [3.05, 3.63) is 28.8 Å². The van der Waals surface area contributed by atoms with Crippen molar-refractivity contribution < 1.29 is 14.6 Å². The normalized spacial score (nSPS) is 12.5. The third kappa shape index (κ3) is 3.89. The molecule has 0 spiro atoms. The fourth-order valence-corrected chi connectivity index (χ4v) is 1.77. The average Bonchev–Trinajstić information content (AvgIpc) is 2.30. The van der Waals surface area contributed by atoms with E-state index < -0.39 is 5.97 Å². The van der Waals surface area contributed by atoms with Gasteiger partial charge in [-0.15, -0.1) is 0 Å². The Morgan fingerprint density at radius 2 is 2.17 bits per heavy atom. The summed E-state index contributed by atoms with van der Waals surface area (Å²) in [5.41, 5.74) is 0.828. The maximum Gasteiger partial charge on any atom is 0.337 e. The molecule has 0 fully saturated rings. The first-order valence-corrected chi connectivity index (χ1v) is 6.11. The van der Waals surface area contributed by atoms with Gasteiger partial charge in [0.15, 0.2) is 0 Å². The van der Waals surface area contributed by atoms with Crippen molar-refractivity contribution in [1.29, 1.82) is 0 Å². The van der Waals surface area contributed by atoms with Crippen LogP contribution in [0.3, 0.4) is 0 Å². The number of hydrogen-bond acceptors (Lipinski definition) is 3. The van der Waals surface area contributed by atoms with Gasteiger partial charge in [-0.2, -0.15) is 0 Å². The maximum absolute atomic E-state index is 11.0. The molecule has 2 N–H and O–H groups in total. The minimum Gasteiger partial charge on any atom is -0.478 e. The van der Waals surface area contributed by atoms with Gasteiger partial charge >= 0.3 is 5.97 Å². The molecule has 1 rings (SSSR count). The van der Waals surface area contributed by atoms with E-state index in [0.29, 0.717) is 12.5 Å². The van der Waals surface area contributed by atoms with E-state index >= 15 is 0 Å². The molecule has 0 aliphatic carbocycles. The predicted molar refractivity (Wildman–Crippen MR) is 72.5 cm³/mol. The minimum absolute atomic E-state index is 0.0987. The number of methoxy groups -OCH3 is 1. The summed E-state index contributed by atoms with van der Waals surface area (Å²) < 4.78 is 5.13. The molecule has 0 saturated carbocycles. The second-order valence-corrected chi connectivity index (χ2v) is 4.86. The predicted octanol–water partition coefficient (Wildman–Crippen LogP) is 3.12. The molecule has 1 unspecified atom stereocenters. The summed E-state index contributed by atoms with van der Waals surface area (Å²) >= 11 is 5.82. The number of anilines is 1. The zero-order valence-electron chi connectivity index (χ0n) is 10.7. The van der Waals surface area contributed by atoms with Gasteiger partial charge in [-0.25, -0.2) is 4.79 Å². The lowest BCUT2D eigenvalue weighted by atomic mass is 10.0. The Kier molecular flexibility index (Phi) is 5.44. The zero-order valence-corrected chi connectivity index (χ0v) is 11.5. The summed E-state index contributed by atoms with van der Waals surface area (Å²) in [5, 5.41) is 12.5. The Bertz CT molecular complexity index is 421. The van der Waals surface area contributed by atoms with Crippen molar-refractivity contribution >= 4 is 23.3 Å². The van der Waals surface area contributed by atoms with Gasteiger partial charge in [0.05, 0.1) is 23.2 Å². The highest BCUT2D eigenvalue weighted by atomic mass is 35.5. The monoisotopic (exact) mass is 271 g/mol. The Hall–Kier alpha value is -1.26. The Labute approximate surface area is 112 Å². The smallest absolute Gasteiger partial charge is 0.337 e. The molecule has 0 bridgehead atoms. The van der Waals surface area contributed by atoms with Gasteiger partial charge in [-0.05, 0) is 24.1 Å². The van der Waals surface area contributed by atoms with Gasteiger partial charge in [0.1, 0.15) is 0 Å². The van der Waals surface area contributed by atoms with Crippen LogP contribution >= 0.6 is 11.6 Å². The number of carboxylic acids is 1. The van der Waals surface area contributed by atoms with Crippen molar-refractivity contribution in [3.63, 3.8) is 0 Å². The number of rotatable bonds is 6. The van der Waals surface area contributed by atoms with Crippen LogP contribution in [0.5, 0.6) is 0 Å². The van der Waals surface area contributed by atoms with Gasteiger partial charge in [0, 0.05) is 12.8 Å². The van der Waals surface area contributed by atoms with Crippen LogP contribution in [0.25, 0.3) is 0 Å². The quantitative estimate of drug-likeness (QED) is 0.835. The number of carbonyl (C=O) groups is 1. The highest BCUT2D eigenvalue weighted by molar-refractivity contribution is 6.33. The summed E-state index contributed by atoms with van der Waals surface area (Å²) in [7, 11) is 1.64. The van der Waals surface area contributed by atoms with Crippen LogP contribution in [-0.2, 0) is 4.74 Å². The first kappa shape index (κ1) is 14.8. The molecule has 0 radical (unpaired) electrons. The van der Waals surface area contributed by atoms with E-state index in [4.69, 9.17) is 21.4 Å². The number of nitrogens with one attached hydrogen (secondary N) is 1. The molecule has 5 heteroatoms. The van der Waals surface area contributed by atoms with E-state index in [-0.39, 0.29) is 16.6 Å². The van der Waals surface area contributed by atoms with Crippen LogP contribution in [0.2, 0.25) is 5.02 Å². The number of halogens is 1. The molecule has 0 amide bonds. The van der Waals surface area contributed by atoms with Crippen LogP contribution in [0.4, 0.5) is 5.69 Å². The molecule has 1 atom stereocenters. The van der Waals surface area contributed by atoms with Crippen LogP contribution in [-0.4, -0.2) is 30.8 Å². The number of aromatic carboxylic acids is 1. The average molecular weight is 272 g/mol. The van der Waals surface area contributed by atoms with Crippen molar-refractivity contribution in [2.24, 2.45) is 5.92 Å². The lowest BCUT2D eigenvalue weighted by Crippen LogP contribution is -2.30. The van der Waals surface area contributed by atoms with Gasteiger partial charge in [-0.1, -0.05) is 25.4 Å². The molecular formula is C13H18ClNO3. The van der Waals surface area contributed by atoms with E-state index in [1.165, 1.54) is 6.07 Å². The second-order valence-electron chi connectivity index (χ2n) is 4.45. The van der Waals surface area contributed by atoms with Gasteiger partial charge < -0.3 is 15.2 Å². The lowest BCUT2D eigenvalue weighted by Gasteiger charge is -2.23. The Balaban J connectivity index is 2.89. The lowest BCUT2D eigenvalue weighted by molar-refractivity contribution is 0.0697. The van der Waals surface area contributed by atoms with Crippen molar-refractivity contribution in [2.45, 2.75) is 19.9 Å². The summed E-state index contributed by atoms with van der Waals surface area (Å²) in [6.07, 6.45) is 0. The van der Waals surface area contributed by atoms with Crippen LogP contribution in [0.15, 0.2) is 18.2 Å². The van der Waals surface area contributed by atoms with Gasteiger partial charge in [-0.3, -0.25) is 0 Å². The SMILES string of the molecule is COCC(Nc1ccc(Cl)c(C(=O)O)c1)C(C)C. The standard InChI is InChI=1S/C13H18ClNO3/c1-8(2)12(7-18-3)15-9-4-5-11(14)10(6-9)13(16)17/h4-6,8,12,15H,7H2,1-3H3,(H,16,17). The third-order valence-corrected chi connectivity index (χ3v) is 3.03. The zero-order chi connectivity index (χ0) is 13.7. The fourth-order valence-electron chi connectivity index (χ4n) is 1.57. The molecule has 1 aromatic carbocycles. The highest BCUT2D eigenvalue weighted by Crippen LogP contribution is 2.22. The van der Waals surface area contributed by atoms with Crippen LogP contribution in [0, 0.1) is 5.92 Å². The number of hydrogen-bond donors (Lipinski definition) is 2. The van der Waals surface area contributed by atoms with Gasteiger partial charge in [0.25, 0.3) is 0 Å². The summed E-state index contributed by atoms with van der Waals surface area (Å²) in [4.78, 5) is 11.0. The Morgan fingerprint density at radius 1 is 1.50 bits per heavy atom. The first-order valence-electron chi connectivity index (χ1n) is 5.74. The fraction of sp³-hybridized carbons (Fsp3) is 0.462. The Morgan fingerprint density at radius 3 is 2.67 bits per heavy atom. The van der Waals surface area contributed by atoms with Crippen LogP contribution < -0.4 is 5.32 Å². The minimum atomic E-state index is -1.03. The summed E-state index contributed by atoms with van der Waals surface area (Å²) in [6.45, 7) is 4.71. The molecule has 0 saturated heterocycles. The van der Waals surface area contributed by atoms with Crippen LogP contribution in [0.1, 0.15) is 24.2 Å². The first-order chi connectivity index (χ1) is 8.45. The van der Waals surface area contributed by atoms with Crippen molar-refractivity contribution in [3.8, 4) is 0 Å². The maximum atomic E-state index is 11.0. The molecule has 0 aliphatic rings. The van der Waals surface area contributed by atoms with E-state index in [1.54, 1.807) is 19.2 Å². The van der Waals surface area contributed by atoms with Crippen molar-refractivity contribution in [2.75, 3.05) is 19.0 Å². The molecule has 18 heavy (non-hydrogen) atoms. The van der Waals surface area contributed by atoms with E-state index in [1.807, 2.05) is 0 Å². The molecule has 4 nitrogen and oxygen atoms in total. The molecular weight excluding hydrogens is 254 g/mol. The molecule has 0 heterocycles. The molecule has 100 valence electrons. The molecule has 0 aliphatic heterocycles. The van der Waals surface area contributed by atoms with E-state index in [2.05, 4.69) is 19.2 Å². The molecule has 1 aromatic rings. The highest BCUT2D eigenvalue weighted by Gasteiger charge is 2.15. The second kappa shape index (κ2) is 6.61. The number of ether oxygens (including phenoxy) is 1.